The van der Waals surface area contributed by atoms with Crippen LogP contribution in [0, 0.1) is 0 Å². The van der Waals surface area contributed by atoms with Crippen LogP contribution in [0.3, 0.4) is 0 Å². The Bertz CT molecular complexity index is 502. The average Bonchev–Trinajstić information content (AvgIpc) is 2.39. The fraction of sp³-hybridized carbons (Fsp3) is 0.417. The zero-order valence-corrected chi connectivity index (χ0v) is 11.6. The molecule has 4 N–H and O–H groups in total. The lowest BCUT2D eigenvalue weighted by molar-refractivity contribution is -0.122. The van der Waals surface area contributed by atoms with Gasteiger partial charge in [-0.05, 0) is 19.0 Å². The molecule has 106 valence electrons. The topological polar surface area (TPSA) is 101 Å². The van der Waals surface area contributed by atoms with Crippen LogP contribution in [0.1, 0.15) is 5.56 Å². The molecule has 1 amide bonds. The van der Waals surface area contributed by atoms with Crippen molar-refractivity contribution in [3.63, 3.8) is 0 Å². The van der Waals surface area contributed by atoms with Gasteiger partial charge in [0.25, 0.3) is 0 Å². The van der Waals surface area contributed by atoms with Crippen LogP contribution in [0.25, 0.3) is 0 Å². The Balaban J connectivity index is 2.37. The number of benzene rings is 1. The van der Waals surface area contributed by atoms with E-state index in [4.69, 9.17) is 5.73 Å². The Kier molecular flexibility index (Phi) is 5.94. The van der Waals surface area contributed by atoms with Gasteiger partial charge < -0.3 is 11.1 Å². The summed E-state index contributed by atoms with van der Waals surface area (Å²) < 4.78 is 24.5. The zero-order chi connectivity index (χ0) is 14.3. The summed E-state index contributed by atoms with van der Waals surface area (Å²) in [5.41, 5.74) is 6.72. The molecule has 0 aromatic heterocycles. The highest BCUT2D eigenvalue weighted by molar-refractivity contribution is 7.89. The van der Waals surface area contributed by atoms with Crippen LogP contribution in [0.5, 0.6) is 0 Å². The van der Waals surface area contributed by atoms with E-state index in [1.807, 2.05) is 30.3 Å². The molecule has 0 spiro atoms. The van der Waals surface area contributed by atoms with Crippen LogP contribution >= 0.6 is 0 Å². The standard InChI is InChI=1S/C12H19N3O3S/c1-14-19(17,18)8-7-15-12(16)11(13)9-10-5-3-2-4-6-10/h2-6,11,14H,7-9,13H2,1H3,(H,15,16). The van der Waals surface area contributed by atoms with Crippen LogP contribution in [0.15, 0.2) is 30.3 Å². The molecule has 6 nitrogen and oxygen atoms in total. The summed E-state index contributed by atoms with van der Waals surface area (Å²) in [6.45, 7) is 0.0461. The van der Waals surface area contributed by atoms with Crippen molar-refractivity contribution >= 4 is 15.9 Å². The molecule has 1 aromatic carbocycles. The lowest BCUT2D eigenvalue weighted by Crippen LogP contribution is -2.44. The van der Waals surface area contributed by atoms with Gasteiger partial charge in [0, 0.05) is 6.54 Å². The van der Waals surface area contributed by atoms with Crippen molar-refractivity contribution in [3.8, 4) is 0 Å². The fourth-order valence-electron chi connectivity index (χ4n) is 1.50. The van der Waals surface area contributed by atoms with E-state index in [0.29, 0.717) is 6.42 Å². The Morgan fingerprint density at radius 2 is 1.95 bits per heavy atom. The molecular formula is C12H19N3O3S. The summed E-state index contributed by atoms with van der Waals surface area (Å²) in [5, 5.41) is 2.51. The Morgan fingerprint density at radius 3 is 2.53 bits per heavy atom. The molecule has 0 bridgehead atoms. The van der Waals surface area contributed by atoms with Gasteiger partial charge in [-0.2, -0.15) is 0 Å². The molecule has 1 aromatic rings. The molecule has 0 aliphatic heterocycles. The van der Waals surface area contributed by atoms with Crippen molar-refractivity contribution in [2.24, 2.45) is 5.73 Å². The van der Waals surface area contributed by atoms with Gasteiger partial charge in [0.2, 0.25) is 15.9 Å². The van der Waals surface area contributed by atoms with Gasteiger partial charge >= 0.3 is 0 Å². The number of sulfonamides is 1. The van der Waals surface area contributed by atoms with Gasteiger partial charge in [-0.3, -0.25) is 4.79 Å². The third-order valence-electron chi connectivity index (χ3n) is 2.62. The fourth-order valence-corrected chi connectivity index (χ4v) is 2.08. The zero-order valence-electron chi connectivity index (χ0n) is 10.8. The second-order valence-corrected chi connectivity index (χ2v) is 6.16. The van der Waals surface area contributed by atoms with Gasteiger partial charge in [0.15, 0.2) is 0 Å². The molecule has 7 heteroatoms. The SMILES string of the molecule is CNS(=O)(=O)CCNC(=O)C(N)Cc1ccccc1. The lowest BCUT2D eigenvalue weighted by atomic mass is 10.1. The molecule has 1 atom stereocenters. The largest absolute Gasteiger partial charge is 0.354 e. The summed E-state index contributed by atoms with van der Waals surface area (Å²) >= 11 is 0. The summed E-state index contributed by atoms with van der Waals surface area (Å²) in [6, 6.07) is 8.73. The van der Waals surface area contributed by atoms with Crippen LogP contribution in [0.4, 0.5) is 0 Å². The first-order valence-corrected chi connectivity index (χ1v) is 7.58. The van der Waals surface area contributed by atoms with E-state index < -0.39 is 16.1 Å². The van der Waals surface area contributed by atoms with Gasteiger partial charge in [0.05, 0.1) is 11.8 Å². The van der Waals surface area contributed by atoms with E-state index in [0.717, 1.165) is 5.56 Å². The summed E-state index contributed by atoms with van der Waals surface area (Å²) in [6.07, 6.45) is 0.422. The number of amides is 1. The second kappa shape index (κ2) is 7.22. The Labute approximate surface area is 113 Å². The van der Waals surface area contributed by atoms with E-state index in [-0.39, 0.29) is 18.2 Å². The number of carbonyl (C=O) groups is 1. The molecule has 1 unspecified atom stereocenters. The van der Waals surface area contributed by atoms with Crippen molar-refractivity contribution in [2.45, 2.75) is 12.5 Å². The molecule has 0 heterocycles. The monoisotopic (exact) mass is 285 g/mol. The van der Waals surface area contributed by atoms with E-state index in [9.17, 15) is 13.2 Å². The van der Waals surface area contributed by atoms with Crippen molar-refractivity contribution in [1.29, 1.82) is 0 Å². The van der Waals surface area contributed by atoms with Gasteiger partial charge in [-0.15, -0.1) is 0 Å². The molecule has 0 saturated carbocycles. The molecule has 0 fully saturated rings. The van der Waals surface area contributed by atoms with Crippen molar-refractivity contribution < 1.29 is 13.2 Å². The third-order valence-corrected chi connectivity index (χ3v) is 3.98. The van der Waals surface area contributed by atoms with Crippen LogP contribution in [-0.2, 0) is 21.2 Å². The summed E-state index contributed by atoms with van der Waals surface area (Å²) in [7, 11) is -1.97. The number of rotatable bonds is 7. The van der Waals surface area contributed by atoms with E-state index in [1.54, 1.807) is 0 Å². The van der Waals surface area contributed by atoms with Crippen LogP contribution in [0.2, 0.25) is 0 Å². The number of carbonyl (C=O) groups excluding carboxylic acids is 1. The van der Waals surface area contributed by atoms with Gasteiger partial charge in [-0.25, -0.2) is 13.1 Å². The summed E-state index contributed by atoms with van der Waals surface area (Å²) in [4.78, 5) is 11.7. The first kappa shape index (κ1) is 15.6. The van der Waals surface area contributed by atoms with Crippen LogP contribution < -0.4 is 15.8 Å². The normalized spacial score (nSPS) is 12.9. The predicted octanol–water partition coefficient (Wildman–Crippen LogP) is -0.778. The van der Waals surface area contributed by atoms with Crippen molar-refractivity contribution in [2.75, 3.05) is 19.3 Å². The predicted molar refractivity (Wildman–Crippen MR) is 74.0 cm³/mol. The number of nitrogens with one attached hydrogen (secondary N) is 2. The molecule has 0 aliphatic carbocycles. The highest BCUT2D eigenvalue weighted by Gasteiger charge is 2.14. The average molecular weight is 285 g/mol. The minimum absolute atomic E-state index is 0.0461. The van der Waals surface area contributed by atoms with Crippen molar-refractivity contribution in [3.05, 3.63) is 35.9 Å². The molecular weight excluding hydrogens is 266 g/mol. The van der Waals surface area contributed by atoms with Gasteiger partial charge in [-0.1, -0.05) is 30.3 Å². The first-order chi connectivity index (χ1) is 8.94. The molecule has 19 heavy (non-hydrogen) atoms. The van der Waals surface area contributed by atoms with Gasteiger partial charge in [0.1, 0.15) is 0 Å². The molecule has 0 saturated heterocycles. The first-order valence-electron chi connectivity index (χ1n) is 5.93. The molecule has 1 rings (SSSR count). The highest BCUT2D eigenvalue weighted by Crippen LogP contribution is 2.01. The Morgan fingerprint density at radius 1 is 1.32 bits per heavy atom. The Hall–Kier alpha value is -1.44. The van der Waals surface area contributed by atoms with E-state index in [1.165, 1.54) is 7.05 Å². The second-order valence-electron chi connectivity index (χ2n) is 4.11. The molecule has 0 radical (unpaired) electrons. The number of hydrogen-bond acceptors (Lipinski definition) is 4. The van der Waals surface area contributed by atoms with Crippen molar-refractivity contribution in [1.82, 2.24) is 10.0 Å². The maximum absolute atomic E-state index is 11.7. The maximum Gasteiger partial charge on any atom is 0.237 e. The van der Waals surface area contributed by atoms with E-state index >= 15 is 0 Å². The maximum atomic E-state index is 11.7. The quantitative estimate of drug-likeness (QED) is 0.612. The summed E-state index contributed by atoms with van der Waals surface area (Å²) in [5.74, 6) is -0.511. The van der Waals surface area contributed by atoms with E-state index in [2.05, 4.69) is 10.0 Å². The number of hydrogen-bond donors (Lipinski definition) is 3. The lowest BCUT2D eigenvalue weighted by Gasteiger charge is -2.12. The third kappa shape index (κ3) is 5.82. The highest BCUT2D eigenvalue weighted by atomic mass is 32.2. The minimum Gasteiger partial charge on any atom is -0.354 e. The molecule has 0 aliphatic rings. The smallest absolute Gasteiger partial charge is 0.237 e. The minimum atomic E-state index is -3.31. The number of nitrogens with two attached hydrogens (primary N) is 1. The van der Waals surface area contributed by atoms with Crippen LogP contribution in [-0.4, -0.2) is 39.7 Å².